The Morgan fingerprint density at radius 3 is 1.53 bits per heavy atom. The molecule has 85 valence electrons. The van der Waals surface area contributed by atoms with Crippen molar-refractivity contribution in [3.8, 4) is 0 Å². The molecule has 0 bridgehead atoms. The average molecular weight is 213 g/mol. The molecule has 0 atom stereocenters. The second kappa shape index (κ2) is 6.42. The number of nitrogens with zero attached hydrogens (tertiary/aromatic N) is 2. The summed E-state index contributed by atoms with van der Waals surface area (Å²) in [5.41, 5.74) is 0. The summed E-state index contributed by atoms with van der Waals surface area (Å²) in [6.07, 6.45) is 0. The van der Waals surface area contributed by atoms with E-state index in [9.17, 15) is 0 Å². The van der Waals surface area contributed by atoms with Crippen molar-refractivity contribution in [1.29, 1.82) is 0 Å². The van der Waals surface area contributed by atoms with Crippen LogP contribution in [0.15, 0.2) is 0 Å². The van der Waals surface area contributed by atoms with Gasteiger partial charge in [-0.05, 0) is 0 Å². The number of nitrogens with one attached hydrogen (secondary N) is 2. The van der Waals surface area contributed by atoms with Crippen LogP contribution >= 0.6 is 0 Å². The van der Waals surface area contributed by atoms with E-state index in [1.807, 2.05) is 10.1 Å². The zero-order chi connectivity index (χ0) is 10.3. The van der Waals surface area contributed by atoms with Crippen LogP contribution in [0.5, 0.6) is 0 Å². The topological polar surface area (TPSA) is 49.0 Å². The van der Waals surface area contributed by atoms with Gasteiger partial charge in [-0.1, -0.05) is 0 Å². The molecule has 0 aromatic heterocycles. The van der Waals surface area contributed by atoms with Crippen LogP contribution in [-0.2, 0) is 9.51 Å². The van der Waals surface area contributed by atoms with Gasteiger partial charge in [-0.3, -0.25) is 0 Å². The summed E-state index contributed by atoms with van der Waals surface area (Å²) in [5, 5.41) is 10.3. The summed E-state index contributed by atoms with van der Waals surface area (Å²) in [7, 11) is 1.43. The van der Waals surface area contributed by atoms with E-state index in [1.54, 1.807) is 0 Å². The summed E-state index contributed by atoms with van der Waals surface area (Å²) in [6.45, 7) is 7.51. The van der Waals surface area contributed by atoms with E-state index in [0.29, 0.717) is 0 Å². The van der Waals surface area contributed by atoms with Crippen LogP contribution in [-0.4, -0.2) is 70.2 Å². The minimum Gasteiger partial charge on any atom is -0.324 e. The lowest BCUT2D eigenvalue weighted by molar-refractivity contribution is -0.133. The molecule has 2 fully saturated rings. The molecule has 1 radical (unpaired) electrons. The maximum Gasteiger partial charge on any atom is 0.525 e. The first-order valence-corrected chi connectivity index (χ1v) is 5.52. The van der Waals surface area contributed by atoms with Crippen LogP contribution < -0.4 is 10.6 Å². The fourth-order valence-corrected chi connectivity index (χ4v) is 1.64. The summed E-state index contributed by atoms with van der Waals surface area (Å²) in [6, 6.07) is 0. The largest absolute Gasteiger partial charge is 0.525 e. The molecule has 2 rings (SSSR count). The molecular weight excluding hydrogens is 195 g/mol. The van der Waals surface area contributed by atoms with Gasteiger partial charge in [0.1, 0.15) is 0 Å². The van der Waals surface area contributed by atoms with Crippen LogP contribution in [0, 0.1) is 0 Å². The van der Waals surface area contributed by atoms with Crippen LogP contribution in [0.4, 0.5) is 0 Å². The zero-order valence-electron chi connectivity index (χ0n) is 8.95. The average Bonchev–Trinajstić information content (AvgIpc) is 2.32. The number of hydrogen-bond donors (Lipinski definition) is 2. The van der Waals surface area contributed by atoms with Gasteiger partial charge in [0.15, 0.2) is 0 Å². The van der Waals surface area contributed by atoms with Gasteiger partial charge in [-0.25, -0.2) is 10.1 Å². The van der Waals surface area contributed by atoms with Crippen molar-refractivity contribution >= 4 is 7.69 Å². The predicted molar refractivity (Wildman–Crippen MR) is 56.8 cm³/mol. The maximum absolute atomic E-state index is 5.37. The van der Waals surface area contributed by atoms with E-state index in [4.69, 9.17) is 9.51 Å². The summed E-state index contributed by atoms with van der Waals surface area (Å²) in [5.74, 6) is 0. The van der Waals surface area contributed by atoms with Gasteiger partial charge in [0.2, 0.25) is 0 Å². The third-order valence-corrected chi connectivity index (χ3v) is 2.54. The number of piperazine rings is 2. The van der Waals surface area contributed by atoms with Gasteiger partial charge >= 0.3 is 7.69 Å². The molecule has 2 aliphatic heterocycles. The Balaban J connectivity index is 1.53. The van der Waals surface area contributed by atoms with Gasteiger partial charge in [0, 0.05) is 52.4 Å². The Morgan fingerprint density at radius 2 is 1.13 bits per heavy atom. The zero-order valence-corrected chi connectivity index (χ0v) is 8.95. The minimum atomic E-state index is 0.904. The lowest BCUT2D eigenvalue weighted by Gasteiger charge is -2.29. The third kappa shape index (κ3) is 4.06. The molecule has 0 saturated carbocycles. The molecule has 0 aromatic rings. The molecular formula is C8H18BN4O2. The Kier molecular flexibility index (Phi) is 4.84. The Bertz CT molecular complexity index is 156. The number of rotatable bonds is 4. The Labute approximate surface area is 91.1 Å². The molecule has 0 amide bonds. The van der Waals surface area contributed by atoms with Crippen LogP contribution in [0.25, 0.3) is 0 Å². The molecule has 2 aliphatic rings. The van der Waals surface area contributed by atoms with Gasteiger partial charge in [0.05, 0.1) is 0 Å². The number of hydrogen-bond acceptors (Lipinski definition) is 6. The van der Waals surface area contributed by atoms with E-state index >= 15 is 0 Å². The van der Waals surface area contributed by atoms with Gasteiger partial charge in [-0.15, -0.1) is 0 Å². The van der Waals surface area contributed by atoms with Crippen LogP contribution in [0.2, 0.25) is 0 Å². The maximum atomic E-state index is 5.37. The normalized spacial score (nSPS) is 25.3. The van der Waals surface area contributed by atoms with Crippen molar-refractivity contribution in [2.24, 2.45) is 0 Å². The summed E-state index contributed by atoms with van der Waals surface area (Å²) < 4.78 is 10.7. The summed E-state index contributed by atoms with van der Waals surface area (Å²) >= 11 is 0. The van der Waals surface area contributed by atoms with Crippen molar-refractivity contribution in [3.05, 3.63) is 0 Å². The molecule has 15 heavy (non-hydrogen) atoms. The second-order valence-electron chi connectivity index (χ2n) is 3.67. The molecule has 0 aromatic carbocycles. The van der Waals surface area contributed by atoms with Crippen LogP contribution in [0.3, 0.4) is 0 Å². The van der Waals surface area contributed by atoms with Crippen molar-refractivity contribution in [2.75, 3.05) is 52.4 Å². The van der Waals surface area contributed by atoms with E-state index in [1.165, 1.54) is 7.69 Å². The summed E-state index contributed by atoms with van der Waals surface area (Å²) in [4.78, 5) is 0. The molecule has 2 heterocycles. The highest BCUT2D eigenvalue weighted by Gasteiger charge is 2.14. The van der Waals surface area contributed by atoms with E-state index < -0.39 is 0 Å². The SMILES string of the molecule is [B](ON1CCNCC1)ON1CCNCC1. The smallest absolute Gasteiger partial charge is 0.324 e. The van der Waals surface area contributed by atoms with E-state index in [0.717, 1.165) is 52.4 Å². The fraction of sp³-hybridized carbons (Fsp3) is 1.00. The van der Waals surface area contributed by atoms with Gasteiger partial charge in [0.25, 0.3) is 0 Å². The molecule has 0 spiro atoms. The van der Waals surface area contributed by atoms with Crippen molar-refractivity contribution < 1.29 is 9.51 Å². The molecule has 2 N–H and O–H groups in total. The standard InChI is InChI=1S/C8H18BN4O2/c1-5-12(6-2-10-1)14-9-15-13-7-3-11-4-8-13/h10-11H,1-8H2. The highest BCUT2D eigenvalue weighted by atomic mass is 16.8. The molecule has 2 saturated heterocycles. The van der Waals surface area contributed by atoms with E-state index in [-0.39, 0.29) is 0 Å². The van der Waals surface area contributed by atoms with Gasteiger partial charge in [-0.2, -0.15) is 0 Å². The first-order chi connectivity index (χ1) is 7.45. The fourth-order valence-electron chi connectivity index (χ4n) is 1.64. The minimum absolute atomic E-state index is 0.904. The van der Waals surface area contributed by atoms with E-state index in [2.05, 4.69) is 10.6 Å². The van der Waals surface area contributed by atoms with Crippen LogP contribution in [0.1, 0.15) is 0 Å². The molecule has 0 aliphatic carbocycles. The van der Waals surface area contributed by atoms with Crippen molar-refractivity contribution in [1.82, 2.24) is 20.8 Å². The lowest BCUT2D eigenvalue weighted by Crippen LogP contribution is -2.47. The monoisotopic (exact) mass is 213 g/mol. The first-order valence-electron chi connectivity index (χ1n) is 5.52. The first kappa shape index (κ1) is 11.3. The Hall–Kier alpha value is -0.175. The molecule has 6 nitrogen and oxygen atoms in total. The highest BCUT2D eigenvalue weighted by Crippen LogP contribution is 1.96. The van der Waals surface area contributed by atoms with Gasteiger partial charge < -0.3 is 20.1 Å². The molecule has 0 unspecified atom stereocenters. The quantitative estimate of drug-likeness (QED) is 0.537. The number of hydroxylamine groups is 4. The highest BCUT2D eigenvalue weighted by molar-refractivity contribution is 6.17. The Morgan fingerprint density at radius 1 is 0.733 bits per heavy atom. The third-order valence-electron chi connectivity index (χ3n) is 2.54. The second-order valence-corrected chi connectivity index (χ2v) is 3.67. The van der Waals surface area contributed by atoms with Crippen molar-refractivity contribution in [3.63, 3.8) is 0 Å². The molecule has 7 heteroatoms. The predicted octanol–water partition coefficient (Wildman–Crippen LogP) is -1.81. The lowest BCUT2D eigenvalue weighted by atomic mass is 10.4. The van der Waals surface area contributed by atoms with Crippen molar-refractivity contribution in [2.45, 2.75) is 0 Å².